The van der Waals surface area contributed by atoms with E-state index in [1.807, 2.05) is 6.92 Å². The third-order valence-corrected chi connectivity index (χ3v) is 1.98. The molecular weight excluding hydrogens is 164 g/mol. The molecule has 0 bridgehead atoms. The van der Waals surface area contributed by atoms with E-state index in [4.69, 9.17) is 11.1 Å². The number of carbonyl (C=O) groups excluding carboxylic acids is 1. The number of carbonyl (C=O) groups is 1. The van der Waals surface area contributed by atoms with Gasteiger partial charge >= 0.3 is 0 Å². The minimum Gasteiger partial charge on any atom is -0.398 e. The van der Waals surface area contributed by atoms with Crippen LogP contribution in [0.3, 0.4) is 0 Å². The normalized spacial score (nSPS) is 9.69. The fraction of sp³-hybridized carbons (Fsp3) is 0.200. The smallest absolute Gasteiger partial charge is 0.159 e. The molecule has 0 saturated heterocycles. The highest BCUT2D eigenvalue weighted by Crippen LogP contribution is 2.18. The summed E-state index contributed by atoms with van der Waals surface area (Å²) in [6.45, 7) is 3.33. The van der Waals surface area contributed by atoms with Crippen molar-refractivity contribution in [2.24, 2.45) is 0 Å². The van der Waals surface area contributed by atoms with Crippen LogP contribution in [0.4, 0.5) is 5.69 Å². The molecule has 0 aliphatic carbocycles. The molecule has 0 unspecified atom stereocenters. The lowest BCUT2D eigenvalue weighted by Crippen LogP contribution is -2.01. The fourth-order valence-electron chi connectivity index (χ4n) is 1.15. The van der Waals surface area contributed by atoms with Crippen molar-refractivity contribution in [2.45, 2.75) is 13.8 Å². The molecule has 0 radical (unpaired) electrons. The van der Waals surface area contributed by atoms with Gasteiger partial charge in [0.25, 0.3) is 0 Å². The molecule has 0 amide bonds. The van der Waals surface area contributed by atoms with Gasteiger partial charge in [0.15, 0.2) is 5.78 Å². The summed E-state index contributed by atoms with van der Waals surface area (Å²) in [7, 11) is 0. The molecule has 1 aromatic carbocycles. The average molecular weight is 176 g/mol. The Hall–Kier alpha value is -1.64. The van der Waals surface area contributed by atoms with Crippen LogP contribution in [0, 0.1) is 12.3 Å². The van der Waals surface area contributed by atoms with Crippen LogP contribution in [-0.4, -0.2) is 12.0 Å². The van der Waals surface area contributed by atoms with Crippen LogP contribution in [0.2, 0.25) is 0 Å². The maximum absolute atomic E-state index is 11.1. The van der Waals surface area contributed by atoms with Gasteiger partial charge in [-0.05, 0) is 31.5 Å². The van der Waals surface area contributed by atoms with Gasteiger partial charge in [0.1, 0.15) is 0 Å². The van der Waals surface area contributed by atoms with Crippen molar-refractivity contribution in [3.63, 3.8) is 0 Å². The van der Waals surface area contributed by atoms with Crippen LogP contribution in [0.1, 0.15) is 28.4 Å². The maximum Gasteiger partial charge on any atom is 0.159 e. The van der Waals surface area contributed by atoms with Crippen molar-refractivity contribution in [2.75, 3.05) is 5.73 Å². The molecule has 0 aliphatic heterocycles. The van der Waals surface area contributed by atoms with Crippen molar-refractivity contribution in [3.8, 4) is 0 Å². The first-order valence-electron chi connectivity index (χ1n) is 3.97. The summed E-state index contributed by atoms with van der Waals surface area (Å²) in [6, 6.07) is 3.38. The van der Waals surface area contributed by atoms with Crippen molar-refractivity contribution in [1.82, 2.24) is 0 Å². The largest absolute Gasteiger partial charge is 0.398 e. The number of ketones is 1. The minimum absolute atomic E-state index is 0.00815. The highest BCUT2D eigenvalue weighted by Gasteiger charge is 2.05. The first-order chi connectivity index (χ1) is 6.06. The second-order valence-electron chi connectivity index (χ2n) is 3.00. The van der Waals surface area contributed by atoms with Crippen molar-refractivity contribution >= 4 is 17.7 Å². The zero-order valence-corrected chi connectivity index (χ0v) is 7.72. The third kappa shape index (κ3) is 1.75. The second kappa shape index (κ2) is 3.39. The number of hydrogen-bond acceptors (Lipinski definition) is 3. The van der Waals surface area contributed by atoms with Crippen LogP contribution in [0.5, 0.6) is 0 Å². The van der Waals surface area contributed by atoms with Crippen LogP contribution >= 0.6 is 0 Å². The van der Waals surface area contributed by atoms with E-state index < -0.39 is 0 Å². The molecule has 0 fully saturated rings. The summed E-state index contributed by atoms with van der Waals surface area (Å²) in [5, 5.41) is 7.10. The third-order valence-electron chi connectivity index (χ3n) is 1.98. The predicted molar refractivity (Wildman–Crippen MR) is 53.5 cm³/mol. The molecule has 0 spiro atoms. The molecule has 68 valence electrons. The number of nitrogens with two attached hydrogens (primary N) is 1. The second-order valence-corrected chi connectivity index (χ2v) is 3.00. The van der Waals surface area contributed by atoms with Crippen molar-refractivity contribution in [1.29, 1.82) is 5.41 Å². The SMILES string of the molecule is CC(=O)c1cc(C)c(N)c(C=N)c1. The topological polar surface area (TPSA) is 66.9 Å². The predicted octanol–water partition coefficient (Wildman–Crippen LogP) is 1.78. The number of anilines is 1. The van der Waals surface area contributed by atoms with Crippen LogP contribution < -0.4 is 5.73 Å². The Labute approximate surface area is 77.1 Å². The van der Waals surface area contributed by atoms with Crippen LogP contribution in [0.15, 0.2) is 12.1 Å². The number of hydrogen-bond donors (Lipinski definition) is 2. The number of nitrogens with one attached hydrogen (secondary N) is 1. The summed E-state index contributed by atoms with van der Waals surface area (Å²) >= 11 is 0. The lowest BCUT2D eigenvalue weighted by Gasteiger charge is -2.06. The van der Waals surface area contributed by atoms with E-state index in [1.54, 1.807) is 12.1 Å². The lowest BCUT2D eigenvalue weighted by atomic mass is 10.0. The summed E-state index contributed by atoms with van der Waals surface area (Å²) < 4.78 is 0. The molecule has 3 N–H and O–H groups in total. The Bertz CT molecular complexity index is 369. The standard InChI is InChI=1S/C10H12N2O/c1-6-3-8(7(2)13)4-9(5-11)10(6)12/h3-5,11H,12H2,1-2H3. The van der Waals surface area contributed by atoms with Gasteiger partial charge in [-0.2, -0.15) is 0 Å². The van der Waals surface area contributed by atoms with E-state index >= 15 is 0 Å². The summed E-state index contributed by atoms with van der Waals surface area (Å²) in [5.41, 5.74) is 8.31. The Balaban J connectivity index is 3.38. The molecule has 0 saturated carbocycles. The molecule has 1 aromatic rings. The summed E-state index contributed by atoms with van der Waals surface area (Å²) in [5.74, 6) is -0.00815. The Kier molecular flexibility index (Phi) is 2.46. The van der Waals surface area contributed by atoms with Gasteiger partial charge in [-0.15, -0.1) is 0 Å². The fourth-order valence-corrected chi connectivity index (χ4v) is 1.15. The molecule has 0 atom stereocenters. The number of nitrogen functional groups attached to an aromatic ring is 1. The van der Waals surface area contributed by atoms with E-state index in [9.17, 15) is 4.79 Å². The molecule has 0 aromatic heterocycles. The van der Waals surface area contributed by atoms with E-state index in [2.05, 4.69) is 0 Å². The van der Waals surface area contributed by atoms with Gasteiger partial charge in [-0.25, -0.2) is 0 Å². The van der Waals surface area contributed by atoms with Gasteiger partial charge in [-0.1, -0.05) is 0 Å². The van der Waals surface area contributed by atoms with Crippen molar-refractivity contribution < 1.29 is 4.79 Å². The van der Waals surface area contributed by atoms with Gasteiger partial charge in [-0.3, -0.25) is 4.79 Å². The number of aryl methyl sites for hydroxylation is 1. The van der Waals surface area contributed by atoms with Gasteiger partial charge in [0.2, 0.25) is 0 Å². The van der Waals surface area contributed by atoms with Crippen LogP contribution in [-0.2, 0) is 0 Å². The minimum atomic E-state index is -0.00815. The monoisotopic (exact) mass is 176 g/mol. The van der Waals surface area contributed by atoms with E-state index in [0.717, 1.165) is 11.8 Å². The molecular formula is C10H12N2O. The van der Waals surface area contributed by atoms with Gasteiger partial charge in [0, 0.05) is 23.0 Å². The van der Waals surface area contributed by atoms with E-state index in [0.29, 0.717) is 16.8 Å². The van der Waals surface area contributed by atoms with E-state index in [-0.39, 0.29) is 5.78 Å². The highest BCUT2D eigenvalue weighted by atomic mass is 16.1. The number of rotatable bonds is 2. The zero-order chi connectivity index (χ0) is 10.0. The van der Waals surface area contributed by atoms with Gasteiger partial charge in [0.05, 0.1) is 0 Å². The average Bonchev–Trinajstić information content (AvgIpc) is 2.09. The first kappa shape index (κ1) is 9.45. The molecule has 0 heterocycles. The Morgan fingerprint density at radius 1 is 1.54 bits per heavy atom. The number of benzene rings is 1. The molecule has 1 rings (SSSR count). The molecule has 3 heteroatoms. The van der Waals surface area contributed by atoms with Gasteiger partial charge < -0.3 is 11.1 Å². The molecule has 13 heavy (non-hydrogen) atoms. The quantitative estimate of drug-likeness (QED) is 0.409. The Morgan fingerprint density at radius 2 is 2.15 bits per heavy atom. The Morgan fingerprint density at radius 3 is 2.62 bits per heavy atom. The number of Topliss-reactive ketones (excluding diaryl/α,β-unsaturated/α-hetero) is 1. The van der Waals surface area contributed by atoms with E-state index in [1.165, 1.54) is 6.92 Å². The summed E-state index contributed by atoms with van der Waals surface area (Å²) in [4.78, 5) is 11.1. The zero-order valence-electron chi connectivity index (χ0n) is 7.72. The van der Waals surface area contributed by atoms with Crippen LogP contribution in [0.25, 0.3) is 0 Å². The lowest BCUT2D eigenvalue weighted by molar-refractivity contribution is 0.101. The summed E-state index contributed by atoms with van der Waals surface area (Å²) in [6.07, 6.45) is 1.16. The highest BCUT2D eigenvalue weighted by molar-refractivity contribution is 5.98. The first-order valence-corrected chi connectivity index (χ1v) is 3.97. The van der Waals surface area contributed by atoms with Crippen molar-refractivity contribution in [3.05, 3.63) is 28.8 Å². The molecule has 0 aliphatic rings. The maximum atomic E-state index is 11.1. The molecule has 3 nitrogen and oxygen atoms in total.